The van der Waals surface area contributed by atoms with Crippen molar-refractivity contribution in [3.8, 4) is 0 Å². The molecule has 0 saturated carbocycles. The Morgan fingerprint density at radius 2 is 1.48 bits per heavy atom. The third-order valence-electron chi connectivity index (χ3n) is 5.95. The summed E-state index contributed by atoms with van der Waals surface area (Å²) in [4.78, 5) is 1.55. The number of hydrogen-bond donors (Lipinski definition) is 0. The van der Waals surface area contributed by atoms with E-state index in [2.05, 4.69) is 68.8 Å². The Kier molecular flexibility index (Phi) is 2.57. The molecule has 0 amide bonds. The fourth-order valence-electron chi connectivity index (χ4n) is 4.78. The lowest BCUT2D eigenvalue weighted by Crippen LogP contribution is -2.64. The quantitative estimate of drug-likeness (QED) is 0.551. The Hall–Kier alpha value is -1.32. The van der Waals surface area contributed by atoms with E-state index in [9.17, 15) is 0 Å². The zero-order chi connectivity index (χ0) is 16.0. The summed E-state index contributed by atoms with van der Waals surface area (Å²) in [5.74, 6) is 0. The first-order valence-electron chi connectivity index (χ1n) is 8.23. The number of benzene rings is 1. The standard InChI is InChI=1S/C20H19BS2/c1-19(2)12-6-5-7-13-16(12)21(18-14(19)8-10-23-18)15-9-11-22-17(15)20(13,3)4/h5-11H,1-4H3. The van der Waals surface area contributed by atoms with Crippen LogP contribution in [-0.2, 0) is 10.8 Å². The van der Waals surface area contributed by atoms with Crippen LogP contribution in [-0.4, -0.2) is 6.71 Å². The predicted molar refractivity (Wildman–Crippen MR) is 104 cm³/mol. The van der Waals surface area contributed by atoms with E-state index in [0.29, 0.717) is 6.71 Å². The molecular weight excluding hydrogens is 315 g/mol. The summed E-state index contributed by atoms with van der Waals surface area (Å²) < 4.78 is 1.56. The molecule has 3 aromatic rings. The van der Waals surface area contributed by atoms with Gasteiger partial charge >= 0.3 is 0 Å². The highest BCUT2D eigenvalue weighted by atomic mass is 32.1. The van der Waals surface area contributed by atoms with Gasteiger partial charge in [-0.15, -0.1) is 11.3 Å². The second kappa shape index (κ2) is 4.20. The zero-order valence-electron chi connectivity index (χ0n) is 13.9. The highest BCUT2D eigenvalue weighted by molar-refractivity contribution is 7.27. The lowest BCUT2D eigenvalue weighted by molar-refractivity contribution is 0.629. The second-order valence-corrected chi connectivity index (χ2v) is 9.72. The van der Waals surface area contributed by atoms with Gasteiger partial charge in [-0.3, -0.25) is 0 Å². The van der Waals surface area contributed by atoms with Gasteiger partial charge in [0.05, 0.1) is 0 Å². The van der Waals surface area contributed by atoms with E-state index in [0.717, 1.165) is 0 Å². The normalized spacial score (nSPS) is 19.0. The van der Waals surface area contributed by atoms with Crippen LogP contribution in [0, 0.1) is 0 Å². The van der Waals surface area contributed by atoms with Gasteiger partial charge in [-0.05, 0) is 38.3 Å². The number of hydrogen-bond acceptors (Lipinski definition) is 2. The highest BCUT2D eigenvalue weighted by Gasteiger charge is 2.48. The molecule has 0 saturated heterocycles. The van der Waals surface area contributed by atoms with Crippen molar-refractivity contribution < 1.29 is 0 Å². The van der Waals surface area contributed by atoms with Gasteiger partial charge < -0.3 is 0 Å². The molecular formula is C20H19BS2. The van der Waals surface area contributed by atoms with E-state index in [4.69, 9.17) is 0 Å². The maximum Gasteiger partial charge on any atom is 0.256 e. The SMILES string of the molecule is CC1(C)c2ccsc2B2c3ccsc3C(C)(C)c3cccc1c32. The maximum atomic E-state index is 2.39. The average molecular weight is 334 g/mol. The number of fused-ring (bicyclic) bond motifs is 4. The molecule has 114 valence electrons. The van der Waals surface area contributed by atoms with Crippen molar-refractivity contribution in [3.63, 3.8) is 0 Å². The van der Waals surface area contributed by atoms with Gasteiger partial charge in [0.15, 0.2) is 0 Å². The van der Waals surface area contributed by atoms with Crippen molar-refractivity contribution in [2.45, 2.75) is 38.5 Å². The summed E-state index contributed by atoms with van der Waals surface area (Å²) in [5.41, 5.74) is 7.91. The molecule has 23 heavy (non-hydrogen) atoms. The Morgan fingerprint density at radius 1 is 0.783 bits per heavy atom. The largest absolute Gasteiger partial charge is 0.256 e. The summed E-state index contributed by atoms with van der Waals surface area (Å²) in [6.07, 6.45) is 0. The second-order valence-electron chi connectivity index (χ2n) is 7.85. The van der Waals surface area contributed by atoms with E-state index in [1.54, 1.807) is 20.6 Å². The molecule has 2 aliphatic rings. The zero-order valence-corrected chi connectivity index (χ0v) is 15.6. The lowest BCUT2D eigenvalue weighted by atomic mass is 9.30. The third kappa shape index (κ3) is 1.53. The molecule has 3 heteroatoms. The first kappa shape index (κ1) is 14.1. The van der Waals surface area contributed by atoms with Crippen LogP contribution < -0.4 is 15.7 Å². The first-order chi connectivity index (χ1) is 10.9. The average Bonchev–Trinajstić information content (AvgIpc) is 3.16. The summed E-state index contributed by atoms with van der Waals surface area (Å²) in [5, 5.41) is 4.56. The van der Waals surface area contributed by atoms with Crippen molar-refractivity contribution in [3.05, 3.63) is 62.7 Å². The van der Waals surface area contributed by atoms with Crippen LogP contribution in [0.5, 0.6) is 0 Å². The van der Waals surface area contributed by atoms with Gasteiger partial charge in [-0.25, -0.2) is 0 Å². The van der Waals surface area contributed by atoms with Crippen LogP contribution in [0.15, 0.2) is 41.1 Å². The van der Waals surface area contributed by atoms with Crippen LogP contribution in [0.4, 0.5) is 0 Å². The minimum Gasteiger partial charge on any atom is -0.158 e. The van der Waals surface area contributed by atoms with Gasteiger partial charge in [0.25, 0.3) is 6.71 Å². The molecule has 4 heterocycles. The van der Waals surface area contributed by atoms with Gasteiger partial charge in [-0.1, -0.05) is 62.9 Å². The molecule has 2 aliphatic heterocycles. The van der Waals surface area contributed by atoms with Gasteiger partial charge in [0.1, 0.15) is 0 Å². The Balaban J connectivity index is 1.97. The minimum absolute atomic E-state index is 0.0980. The summed E-state index contributed by atoms with van der Waals surface area (Å²) in [6, 6.07) is 11.7. The van der Waals surface area contributed by atoms with E-state index in [1.807, 2.05) is 22.7 Å². The van der Waals surface area contributed by atoms with Crippen molar-refractivity contribution in [2.75, 3.05) is 0 Å². The van der Waals surface area contributed by atoms with Crippen LogP contribution in [0.2, 0.25) is 0 Å². The molecule has 5 rings (SSSR count). The van der Waals surface area contributed by atoms with Crippen molar-refractivity contribution >= 4 is 45.1 Å². The third-order valence-corrected chi connectivity index (χ3v) is 8.18. The van der Waals surface area contributed by atoms with Crippen molar-refractivity contribution in [1.82, 2.24) is 0 Å². The molecule has 0 radical (unpaired) electrons. The molecule has 0 fully saturated rings. The fraction of sp³-hybridized carbons (Fsp3) is 0.300. The van der Waals surface area contributed by atoms with Gasteiger partial charge in [0, 0.05) is 15.7 Å². The van der Waals surface area contributed by atoms with Crippen molar-refractivity contribution in [2.24, 2.45) is 0 Å². The summed E-state index contributed by atoms with van der Waals surface area (Å²) >= 11 is 3.87. The van der Waals surface area contributed by atoms with Crippen LogP contribution >= 0.6 is 22.7 Å². The molecule has 0 aliphatic carbocycles. The monoisotopic (exact) mass is 334 g/mol. The summed E-state index contributed by atoms with van der Waals surface area (Å²) in [6.45, 7) is 10.0. The van der Waals surface area contributed by atoms with E-state index in [1.165, 1.54) is 16.7 Å². The molecule has 0 N–H and O–H groups in total. The Morgan fingerprint density at radius 3 is 2.26 bits per heavy atom. The van der Waals surface area contributed by atoms with E-state index in [-0.39, 0.29) is 10.8 Å². The molecule has 1 aromatic carbocycles. The van der Waals surface area contributed by atoms with E-state index < -0.39 is 0 Å². The van der Waals surface area contributed by atoms with Crippen LogP contribution in [0.25, 0.3) is 0 Å². The molecule has 0 unspecified atom stereocenters. The Bertz CT molecular complexity index is 870. The number of rotatable bonds is 0. The molecule has 0 spiro atoms. The van der Waals surface area contributed by atoms with Gasteiger partial charge in [0.2, 0.25) is 0 Å². The topological polar surface area (TPSA) is 0 Å². The highest BCUT2D eigenvalue weighted by Crippen LogP contribution is 2.42. The molecule has 0 atom stereocenters. The smallest absolute Gasteiger partial charge is 0.158 e. The molecule has 2 aromatic heterocycles. The van der Waals surface area contributed by atoms with E-state index >= 15 is 0 Å². The maximum absolute atomic E-state index is 2.39. The minimum atomic E-state index is 0.0980. The summed E-state index contributed by atoms with van der Waals surface area (Å²) in [7, 11) is 0. The number of thiophene rings is 2. The first-order valence-corrected chi connectivity index (χ1v) is 9.99. The predicted octanol–water partition coefficient (Wildman–Crippen LogP) is 3.60. The van der Waals surface area contributed by atoms with Gasteiger partial charge in [-0.2, -0.15) is 11.3 Å². The fourth-order valence-corrected chi connectivity index (χ4v) is 7.04. The molecule has 0 bridgehead atoms. The molecule has 0 nitrogen and oxygen atoms in total. The van der Waals surface area contributed by atoms with Crippen molar-refractivity contribution in [1.29, 1.82) is 0 Å². The van der Waals surface area contributed by atoms with Crippen LogP contribution in [0.3, 0.4) is 0 Å². The van der Waals surface area contributed by atoms with Crippen LogP contribution in [0.1, 0.15) is 49.3 Å². The Labute approximate surface area is 146 Å². The lowest BCUT2D eigenvalue weighted by Gasteiger charge is -2.44.